The van der Waals surface area contributed by atoms with Crippen LogP contribution in [0, 0.1) is 13.8 Å². The number of benzene rings is 1. The lowest BCUT2D eigenvalue weighted by molar-refractivity contribution is 0.200. The van der Waals surface area contributed by atoms with Crippen LogP contribution in [0.3, 0.4) is 0 Å². The van der Waals surface area contributed by atoms with E-state index in [1.54, 1.807) is 12.4 Å². The van der Waals surface area contributed by atoms with Crippen LogP contribution in [0.15, 0.2) is 48.8 Å². The predicted molar refractivity (Wildman–Crippen MR) is 97.0 cm³/mol. The Morgan fingerprint density at radius 2 is 2.00 bits per heavy atom. The minimum absolute atomic E-state index is 0.00320. The first-order valence-corrected chi connectivity index (χ1v) is 8.03. The topological polar surface area (TPSA) is 80.2 Å². The summed E-state index contributed by atoms with van der Waals surface area (Å²) in [6.07, 6.45) is 3.47. The van der Waals surface area contributed by atoms with Gasteiger partial charge in [-0.25, -0.2) is 9.97 Å². The van der Waals surface area contributed by atoms with Crippen LogP contribution in [-0.4, -0.2) is 33.3 Å². The summed E-state index contributed by atoms with van der Waals surface area (Å²) in [5.41, 5.74) is 3.63. The number of pyridine rings is 1. The molecule has 6 heteroatoms. The Bertz CT molecular complexity index is 853. The number of nitrogens with zero attached hydrogens (tertiary/aromatic N) is 3. The van der Waals surface area contributed by atoms with Crippen LogP contribution in [0.1, 0.15) is 11.3 Å². The Morgan fingerprint density at radius 1 is 1.12 bits per heavy atom. The van der Waals surface area contributed by atoms with Gasteiger partial charge in [0.2, 0.25) is 0 Å². The van der Waals surface area contributed by atoms with Crippen molar-refractivity contribution in [2.45, 2.75) is 13.8 Å². The van der Waals surface area contributed by atoms with Crippen LogP contribution >= 0.6 is 0 Å². The van der Waals surface area contributed by atoms with Crippen LogP contribution in [0.5, 0.6) is 5.75 Å². The van der Waals surface area contributed by atoms with Gasteiger partial charge in [0.05, 0.1) is 6.61 Å². The van der Waals surface area contributed by atoms with Crippen molar-refractivity contribution in [2.75, 3.05) is 18.5 Å². The second-order valence-corrected chi connectivity index (χ2v) is 5.64. The van der Waals surface area contributed by atoms with Gasteiger partial charge in [-0.2, -0.15) is 0 Å². The van der Waals surface area contributed by atoms with Crippen molar-refractivity contribution in [3.05, 3.63) is 60.0 Å². The molecule has 2 heterocycles. The average molecular weight is 336 g/mol. The van der Waals surface area contributed by atoms with Crippen molar-refractivity contribution in [1.29, 1.82) is 0 Å². The van der Waals surface area contributed by atoms with E-state index >= 15 is 0 Å². The third-order valence-electron chi connectivity index (χ3n) is 3.57. The monoisotopic (exact) mass is 336 g/mol. The van der Waals surface area contributed by atoms with Gasteiger partial charge in [0.1, 0.15) is 18.2 Å². The summed E-state index contributed by atoms with van der Waals surface area (Å²) in [5.74, 6) is 2.11. The largest absolute Gasteiger partial charge is 0.491 e. The summed E-state index contributed by atoms with van der Waals surface area (Å²) in [6.45, 7) is 4.18. The Hall–Kier alpha value is -2.99. The van der Waals surface area contributed by atoms with Crippen molar-refractivity contribution in [3.8, 4) is 17.1 Å². The summed E-state index contributed by atoms with van der Waals surface area (Å²) >= 11 is 0. The maximum Gasteiger partial charge on any atom is 0.163 e. The van der Waals surface area contributed by atoms with Gasteiger partial charge in [-0.1, -0.05) is 0 Å². The molecule has 0 saturated carbocycles. The molecule has 0 fully saturated rings. The number of hydrogen-bond acceptors (Lipinski definition) is 6. The van der Waals surface area contributed by atoms with Crippen molar-refractivity contribution in [3.63, 3.8) is 0 Å². The number of aliphatic hydroxyl groups excluding tert-OH is 1. The molecule has 2 N–H and O–H groups in total. The standard InChI is InChI=1S/C19H20N4O2/c1-13-10-16(5-6-17(13)25-9-8-24)22-18-11-14(2)21-19(23-18)15-4-3-7-20-12-15/h3-7,10-12,24H,8-9H2,1-2H3,(H,21,22,23). The van der Waals surface area contributed by atoms with Crippen LogP contribution in [0.25, 0.3) is 11.4 Å². The summed E-state index contributed by atoms with van der Waals surface area (Å²) < 4.78 is 5.48. The molecule has 3 aromatic rings. The van der Waals surface area contributed by atoms with Gasteiger partial charge in [0, 0.05) is 35.4 Å². The van der Waals surface area contributed by atoms with E-state index in [1.807, 2.05) is 50.2 Å². The highest BCUT2D eigenvalue weighted by Gasteiger charge is 2.07. The molecule has 25 heavy (non-hydrogen) atoms. The summed E-state index contributed by atoms with van der Waals surface area (Å²) in [5, 5.41) is 12.2. The highest BCUT2D eigenvalue weighted by atomic mass is 16.5. The third-order valence-corrected chi connectivity index (χ3v) is 3.57. The fourth-order valence-corrected chi connectivity index (χ4v) is 2.45. The van der Waals surface area contributed by atoms with Gasteiger partial charge < -0.3 is 15.2 Å². The minimum atomic E-state index is -0.00320. The van der Waals surface area contributed by atoms with Gasteiger partial charge in [-0.3, -0.25) is 4.98 Å². The molecule has 0 radical (unpaired) electrons. The fourth-order valence-electron chi connectivity index (χ4n) is 2.45. The minimum Gasteiger partial charge on any atom is -0.491 e. The first-order chi connectivity index (χ1) is 12.2. The molecule has 0 bridgehead atoms. The van der Waals surface area contributed by atoms with Gasteiger partial charge in [0.15, 0.2) is 5.82 Å². The molecule has 1 aromatic carbocycles. The number of ether oxygens (including phenoxy) is 1. The number of hydrogen-bond donors (Lipinski definition) is 2. The molecule has 3 rings (SSSR count). The first-order valence-electron chi connectivity index (χ1n) is 8.03. The normalized spacial score (nSPS) is 10.5. The summed E-state index contributed by atoms with van der Waals surface area (Å²) in [4.78, 5) is 13.2. The number of aliphatic hydroxyl groups is 1. The number of rotatable bonds is 6. The maximum absolute atomic E-state index is 8.86. The zero-order chi connectivity index (χ0) is 17.6. The summed E-state index contributed by atoms with van der Waals surface area (Å²) in [7, 11) is 0. The molecule has 0 aliphatic heterocycles. The van der Waals surface area contributed by atoms with Crippen LogP contribution in [0.2, 0.25) is 0 Å². The average Bonchev–Trinajstić information content (AvgIpc) is 2.61. The van der Waals surface area contributed by atoms with Crippen LogP contribution in [-0.2, 0) is 0 Å². The number of aryl methyl sites for hydroxylation is 2. The number of anilines is 2. The molecule has 0 spiro atoms. The van der Waals surface area contributed by atoms with Gasteiger partial charge in [0.25, 0.3) is 0 Å². The lowest BCUT2D eigenvalue weighted by Gasteiger charge is -2.12. The number of nitrogens with one attached hydrogen (secondary N) is 1. The highest BCUT2D eigenvalue weighted by molar-refractivity contribution is 5.62. The van der Waals surface area contributed by atoms with E-state index in [2.05, 4.69) is 20.3 Å². The fraction of sp³-hybridized carbons (Fsp3) is 0.211. The zero-order valence-corrected chi connectivity index (χ0v) is 14.2. The molecule has 0 saturated heterocycles. The highest BCUT2D eigenvalue weighted by Crippen LogP contribution is 2.25. The van der Waals surface area contributed by atoms with Gasteiger partial charge >= 0.3 is 0 Å². The number of aromatic nitrogens is 3. The van der Waals surface area contributed by atoms with Crippen LogP contribution in [0.4, 0.5) is 11.5 Å². The van der Waals surface area contributed by atoms with E-state index in [1.165, 1.54) is 0 Å². The molecule has 0 unspecified atom stereocenters. The summed E-state index contributed by atoms with van der Waals surface area (Å²) in [6, 6.07) is 11.5. The van der Waals surface area contributed by atoms with Crippen LogP contribution < -0.4 is 10.1 Å². The molecule has 0 amide bonds. The van der Waals surface area contributed by atoms with Gasteiger partial charge in [-0.05, 0) is 49.7 Å². The molecular weight excluding hydrogens is 316 g/mol. The molecular formula is C19H20N4O2. The van der Waals surface area contributed by atoms with Crippen molar-refractivity contribution in [2.24, 2.45) is 0 Å². The Morgan fingerprint density at radius 3 is 2.72 bits per heavy atom. The quantitative estimate of drug-likeness (QED) is 0.719. The Balaban J connectivity index is 1.83. The van der Waals surface area contributed by atoms with E-state index in [0.29, 0.717) is 5.82 Å². The smallest absolute Gasteiger partial charge is 0.163 e. The van der Waals surface area contributed by atoms with E-state index in [4.69, 9.17) is 9.84 Å². The second kappa shape index (κ2) is 7.72. The molecule has 0 atom stereocenters. The molecule has 6 nitrogen and oxygen atoms in total. The lowest BCUT2D eigenvalue weighted by Crippen LogP contribution is -2.03. The molecule has 2 aromatic heterocycles. The van der Waals surface area contributed by atoms with Crippen molar-refractivity contribution >= 4 is 11.5 Å². The lowest BCUT2D eigenvalue weighted by atomic mass is 10.2. The van der Waals surface area contributed by atoms with Crippen molar-refractivity contribution in [1.82, 2.24) is 15.0 Å². The predicted octanol–water partition coefficient (Wildman–Crippen LogP) is 3.27. The van der Waals surface area contributed by atoms with E-state index in [9.17, 15) is 0 Å². The van der Waals surface area contributed by atoms with Crippen molar-refractivity contribution < 1.29 is 9.84 Å². The molecule has 128 valence electrons. The van der Waals surface area contributed by atoms with E-state index in [0.717, 1.165) is 34.1 Å². The van der Waals surface area contributed by atoms with E-state index in [-0.39, 0.29) is 13.2 Å². The first kappa shape index (κ1) is 16.9. The van der Waals surface area contributed by atoms with E-state index < -0.39 is 0 Å². The second-order valence-electron chi connectivity index (χ2n) is 5.64. The Labute approximate surface area is 146 Å². The SMILES string of the molecule is Cc1cc(Nc2ccc(OCCO)c(C)c2)nc(-c2cccnc2)n1. The van der Waals surface area contributed by atoms with Gasteiger partial charge in [-0.15, -0.1) is 0 Å². The Kier molecular flexibility index (Phi) is 5.20. The zero-order valence-electron chi connectivity index (χ0n) is 14.2. The molecule has 0 aliphatic rings. The molecule has 0 aliphatic carbocycles. The maximum atomic E-state index is 8.86. The third kappa shape index (κ3) is 4.30.